The van der Waals surface area contributed by atoms with Crippen molar-refractivity contribution in [2.24, 2.45) is 0 Å². The van der Waals surface area contributed by atoms with Crippen LogP contribution in [0.4, 0.5) is 4.39 Å². The first-order chi connectivity index (χ1) is 11.4. The van der Waals surface area contributed by atoms with E-state index in [0.717, 1.165) is 16.7 Å². The van der Waals surface area contributed by atoms with E-state index in [1.54, 1.807) is 25.1 Å². The van der Waals surface area contributed by atoms with Gasteiger partial charge in [-0.15, -0.1) is 0 Å². The Bertz CT molecular complexity index is 741. The Morgan fingerprint density at radius 2 is 1.79 bits per heavy atom. The monoisotopic (exact) mass is 329 g/mol. The molecule has 1 N–H and O–H groups in total. The minimum atomic E-state index is -0.527. The van der Waals surface area contributed by atoms with Gasteiger partial charge in [0.05, 0.1) is 11.6 Å². The molecule has 1 atom stereocenters. The van der Waals surface area contributed by atoms with E-state index in [2.05, 4.69) is 5.32 Å². The second-order valence-electron chi connectivity index (χ2n) is 5.74. The van der Waals surface area contributed by atoms with Crippen molar-refractivity contribution in [3.8, 4) is 0 Å². The van der Waals surface area contributed by atoms with Gasteiger partial charge in [0.25, 0.3) is 5.91 Å². The lowest BCUT2D eigenvalue weighted by Gasteiger charge is -2.14. The molecule has 2 rings (SSSR count). The first-order valence-corrected chi connectivity index (χ1v) is 7.66. The highest BCUT2D eigenvalue weighted by molar-refractivity contribution is 5.92. The van der Waals surface area contributed by atoms with E-state index in [0.29, 0.717) is 5.56 Å². The summed E-state index contributed by atoms with van der Waals surface area (Å²) in [5, 5.41) is 2.71. The van der Waals surface area contributed by atoms with Gasteiger partial charge in [0.1, 0.15) is 5.82 Å². The molecular weight excluding hydrogens is 309 g/mol. The van der Waals surface area contributed by atoms with Crippen LogP contribution in [0.2, 0.25) is 0 Å². The highest BCUT2D eigenvalue weighted by Gasteiger charge is 2.15. The van der Waals surface area contributed by atoms with Crippen molar-refractivity contribution in [2.45, 2.75) is 26.8 Å². The highest BCUT2D eigenvalue weighted by Crippen LogP contribution is 2.14. The summed E-state index contributed by atoms with van der Waals surface area (Å²) in [5.41, 5.74) is 2.97. The number of esters is 1. The maximum atomic E-state index is 12.9. The fraction of sp³-hybridized carbons (Fsp3) is 0.263. The summed E-state index contributed by atoms with van der Waals surface area (Å²) in [6.45, 7) is 5.11. The number of hydrogen-bond donors (Lipinski definition) is 1. The topological polar surface area (TPSA) is 55.4 Å². The molecule has 0 heterocycles. The molecule has 0 saturated heterocycles. The zero-order chi connectivity index (χ0) is 17.7. The number of benzene rings is 2. The Balaban J connectivity index is 1.89. The van der Waals surface area contributed by atoms with E-state index >= 15 is 0 Å². The number of halogens is 1. The largest absolute Gasteiger partial charge is 0.452 e. The molecule has 0 aliphatic heterocycles. The minimum Gasteiger partial charge on any atom is -0.452 e. The summed E-state index contributed by atoms with van der Waals surface area (Å²) in [6.07, 6.45) is 0. The first kappa shape index (κ1) is 17.7. The molecule has 0 radical (unpaired) electrons. The van der Waals surface area contributed by atoms with Crippen molar-refractivity contribution >= 4 is 11.9 Å². The van der Waals surface area contributed by atoms with Gasteiger partial charge in [-0.25, -0.2) is 9.18 Å². The van der Waals surface area contributed by atoms with E-state index in [1.165, 1.54) is 12.1 Å². The zero-order valence-corrected chi connectivity index (χ0v) is 13.9. The number of amides is 1. The van der Waals surface area contributed by atoms with Crippen LogP contribution in [0, 0.1) is 19.7 Å². The van der Waals surface area contributed by atoms with E-state index in [1.807, 2.05) is 26.0 Å². The maximum Gasteiger partial charge on any atom is 0.338 e. The van der Waals surface area contributed by atoms with E-state index in [9.17, 15) is 14.0 Å². The standard InChI is InChI=1S/C19H20FNO3/c1-12-4-5-13(2)17(10-12)19(23)24-11-18(22)21-14(3)15-6-8-16(20)9-7-15/h4-10,14H,11H2,1-3H3,(H,21,22)/t14-/m1/s1. The number of nitrogens with one attached hydrogen (secondary N) is 1. The van der Waals surface area contributed by atoms with Gasteiger partial charge in [-0.1, -0.05) is 29.8 Å². The van der Waals surface area contributed by atoms with Crippen molar-refractivity contribution in [3.05, 3.63) is 70.5 Å². The van der Waals surface area contributed by atoms with Crippen LogP contribution in [-0.4, -0.2) is 18.5 Å². The smallest absolute Gasteiger partial charge is 0.338 e. The molecule has 1 amide bonds. The number of carbonyl (C=O) groups excluding carboxylic acids is 2. The lowest BCUT2D eigenvalue weighted by molar-refractivity contribution is -0.124. The van der Waals surface area contributed by atoms with Gasteiger partial charge in [-0.05, 0) is 50.1 Å². The molecule has 24 heavy (non-hydrogen) atoms. The Labute approximate surface area is 140 Å². The summed E-state index contributed by atoms with van der Waals surface area (Å²) >= 11 is 0. The third-order valence-electron chi connectivity index (χ3n) is 3.69. The molecule has 0 aliphatic rings. The van der Waals surface area contributed by atoms with Gasteiger partial charge < -0.3 is 10.1 Å². The molecule has 0 spiro atoms. The molecule has 4 nitrogen and oxygen atoms in total. The lowest BCUT2D eigenvalue weighted by atomic mass is 10.1. The molecule has 126 valence electrons. The fourth-order valence-corrected chi connectivity index (χ4v) is 2.28. The van der Waals surface area contributed by atoms with Crippen LogP contribution in [0.5, 0.6) is 0 Å². The number of aryl methyl sites for hydroxylation is 2. The lowest BCUT2D eigenvalue weighted by Crippen LogP contribution is -2.31. The number of hydrogen-bond acceptors (Lipinski definition) is 3. The second-order valence-corrected chi connectivity index (χ2v) is 5.74. The van der Waals surface area contributed by atoms with Crippen LogP contribution >= 0.6 is 0 Å². The summed E-state index contributed by atoms with van der Waals surface area (Å²) in [6, 6.07) is 11.0. The SMILES string of the molecule is Cc1ccc(C)c(C(=O)OCC(=O)N[C@H](C)c2ccc(F)cc2)c1. The Hall–Kier alpha value is -2.69. The van der Waals surface area contributed by atoms with Crippen LogP contribution in [0.1, 0.15) is 40.0 Å². The molecule has 2 aromatic carbocycles. The summed E-state index contributed by atoms with van der Waals surface area (Å²) in [5.74, 6) is -1.27. The molecule has 0 saturated carbocycles. The predicted octanol–water partition coefficient (Wildman–Crippen LogP) is 3.48. The first-order valence-electron chi connectivity index (χ1n) is 7.66. The molecule has 0 unspecified atom stereocenters. The molecule has 5 heteroatoms. The van der Waals surface area contributed by atoms with Crippen LogP contribution in [0.25, 0.3) is 0 Å². The zero-order valence-electron chi connectivity index (χ0n) is 13.9. The van der Waals surface area contributed by atoms with Crippen LogP contribution < -0.4 is 5.32 Å². The van der Waals surface area contributed by atoms with Crippen molar-refractivity contribution in [2.75, 3.05) is 6.61 Å². The average Bonchev–Trinajstić information content (AvgIpc) is 2.55. The quantitative estimate of drug-likeness (QED) is 0.855. The van der Waals surface area contributed by atoms with Crippen molar-refractivity contribution in [1.82, 2.24) is 5.32 Å². The summed E-state index contributed by atoms with van der Waals surface area (Å²) in [4.78, 5) is 24.0. The Morgan fingerprint density at radius 1 is 1.12 bits per heavy atom. The normalized spacial score (nSPS) is 11.7. The molecule has 2 aromatic rings. The summed E-state index contributed by atoms with van der Waals surface area (Å²) in [7, 11) is 0. The number of rotatable bonds is 5. The van der Waals surface area contributed by atoms with Crippen molar-refractivity contribution in [1.29, 1.82) is 0 Å². The Kier molecular flexibility index (Phi) is 5.68. The van der Waals surface area contributed by atoms with Crippen molar-refractivity contribution < 1.29 is 18.7 Å². The third-order valence-corrected chi connectivity index (χ3v) is 3.69. The van der Waals surface area contributed by atoms with E-state index < -0.39 is 11.9 Å². The minimum absolute atomic E-state index is 0.308. The van der Waals surface area contributed by atoms with Gasteiger partial charge in [-0.2, -0.15) is 0 Å². The van der Waals surface area contributed by atoms with E-state index in [-0.39, 0.29) is 18.5 Å². The molecular formula is C19H20FNO3. The van der Waals surface area contributed by atoms with Crippen LogP contribution in [0.15, 0.2) is 42.5 Å². The van der Waals surface area contributed by atoms with E-state index in [4.69, 9.17) is 4.74 Å². The number of ether oxygens (including phenoxy) is 1. The number of carbonyl (C=O) groups is 2. The highest BCUT2D eigenvalue weighted by atomic mass is 19.1. The second kappa shape index (κ2) is 7.73. The summed E-state index contributed by atoms with van der Waals surface area (Å²) < 4.78 is 18.0. The van der Waals surface area contributed by atoms with Gasteiger partial charge in [-0.3, -0.25) is 4.79 Å². The predicted molar refractivity (Wildman–Crippen MR) is 89.2 cm³/mol. The van der Waals surface area contributed by atoms with Crippen LogP contribution in [-0.2, 0) is 9.53 Å². The Morgan fingerprint density at radius 3 is 2.46 bits per heavy atom. The van der Waals surface area contributed by atoms with Gasteiger partial charge >= 0.3 is 5.97 Å². The maximum absolute atomic E-state index is 12.9. The molecule has 0 aliphatic carbocycles. The van der Waals surface area contributed by atoms with Crippen molar-refractivity contribution in [3.63, 3.8) is 0 Å². The average molecular weight is 329 g/mol. The third kappa shape index (κ3) is 4.65. The van der Waals surface area contributed by atoms with Crippen LogP contribution in [0.3, 0.4) is 0 Å². The molecule has 0 bridgehead atoms. The van der Waals surface area contributed by atoms with Gasteiger partial charge in [0.15, 0.2) is 6.61 Å². The molecule has 0 fully saturated rings. The van der Waals surface area contributed by atoms with Gasteiger partial charge in [0, 0.05) is 0 Å². The molecule has 0 aromatic heterocycles. The fourth-order valence-electron chi connectivity index (χ4n) is 2.28. The van der Waals surface area contributed by atoms with Gasteiger partial charge in [0.2, 0.25) is 0 Å².